The van der Waals surface area contributed by atoms with Crippen molar-refractivity contribution in [2.75, 3.05) is 41.0 Å². The first kappa shape index (κ1) is 58.1. The number of hydrogen-bond donors (Lipinski definition) is 1. The number of allylic oxidation sites excluding steroid dienone is 2. The maximum absolute atomic E-state index is 12.8. The normalized spacial score (nSPS) is 12.9. The third kappa shape index (κ3) is 41.4. The van der Waals surface area contributed by atoms with E-state index in [1.165, 1.54) is 180 Å². The average Bonchev–Trinajstić information content (AvgIpc) is 3.21. The van der Waals surface area contributed by atoms with Crippen molar-refractivity contribution in [3.63, 3.8) is 0 Å². The van der Waals surface area contributed by atoms with E-state index in [9.17, 15) is 19.5 Å². The molecule has 2 atom stereocenters. The molecule has 0 saturated heterocycles. The predicted octanol–water partition coefficient (Wildman–Crippen LogP) is 14.6. The Kier molecular flexibility index (Phi) is 42.3. The van der Waals surface area contributed by atoms with Crippen molar-refractivity contribution in [2.24, 2.45) is 0 Å². The average molecular weight is 851 g/mol. The standard InChI is InChI=1S/C52H99NO7/c1-6-8-10-12-14-16-18-20-22-24-25-27-29-31-33-35-37-39-41-43-51(55)60-48(46-58-45-44-49(52(56)57)53(3,4)5)47-59-50(54)42-40-38-36-34-32-30-28-26-23-21-19-17-15-13-11-9-7-2/h24-25,48-49H,6-23,26-47H2,1-5H3/p+1/b25-24+. The number of rotatable bonds is 47. The number of ether oxygens (including phenoxy) is 3. The van der Waals surface area contributed by atoms with Crippen molar-refractivity contribution >= 4 is 17.9 Å². The van der Waals surface area contributed by atoms with Gasteiger partial charge in [-0.2, -0.15) is 0 Å². The quantitative estimate of drug-likeness (QED) is 0.0282. The van der Waals surface area contributed by atoms with Crippen LogP contribution in [0.5, 0.6) is 0 Å². The molecule has 0 aromatic carbocycles. The van der Waals surface area contributed by atoms with Crippen molar-refractivity contribution in [2.45, 2.75) is 264 Å². The van der Waals surface area contributed by atoms with Crippen LogP contribution in [0, 0.1) is 0 Å². The Morgan fingerprint density at radius 3 is 1.20 bits per heavy atom. The topological polar surface area (TPSA) is 99.1 Å². The largest absolute Gasteiger partial charge is 0.477 e. The lowest BCUT2D eigenvalue weighted by Crippen LogP contribution is -2.50. The molecule has 0 aromatic heterocycles. The van der Waals surface area contributed by atoms with Gasteiger partial charge in [-0.3, -0.25) is 9.59 Å². The van der Waals surface area contributed by atoms with E-state index in [0.717, 1.165) is 38.5 Å². The highest BCUT2D eigenvalue weighted by Gasteiger charge is 2.31. The lowest BCUT2D eigenvalue weighted by atomic mass is 10.0. The number of carbonyl (C=O) groups is 3. The number of hydrogen-bond acceptors (Lipinski definition) is 6. The predicted molar refractivity (Wildman–Crippen MR) is 252 cm³/mol. The van der Waals surface area contributed by atoms with Crippen molar-refractivity contribution in [1.82, 2.24) is 0 Å². The first-order chi connectivity index (χ1) is 29.1. The van der Waals surface area contributed by atoms with Crippen LogP contribution in [0.25, 0.3) is 0 Å². The van der Waals surface area contributed by atoms with Gasteiger partial charge in [-0.15, -0.1) is 0 Å². The lowest BCUT2D eigenvalue weighted by molar-refractivity contribution is -0.887. The lowest BCUT2D eigenvalue weighted by Gasteiger charge is -2.31. The van der Waals surface area contributed by atoms with Gasteiger partial charge in [-0.1, -0.05) is 206 Å². The number of quaternary nitrogens is 1. The zero-order valence-electron chi connectivity index (χ0n) is 40.4. The van der Waals surface area contributed by atoms with Crippen LogP contribution in [0.2, 0.25) is 0 Å². The van der Waals surface area contributed by atoms with Crippen LogP contribution in [-0.4, -0.2) is 80.6 Å². The first-order valence-corrected chi connectivity index (χ1v) is 25.7. The first-order valence-electron chi connectivity index (χ1n) is 25.7. The number of carboxylic acids is 1. The van der Waals surface area contributed by atoms with Crippen molar-refractivity contribution in [3.05, 3.63) is 12.2 Å². The third-order valence-corrected chi connectivity index (χ3v) is 11.9. The fourth-order valence-corrected chi connectivity index (χ4v) is 7.91. The monoisotopic (exact) mass is 851 g/mol. The second kappa shape index (κ2) is 43.7. The Morgan fingerprint density at radius 2 is 0.833 bits per heavy atom. The molecule has 0 radical (unpaired) electrons. The molecule has 0 amide bonds. The van der Waals surface area contributed by atoms with Gasteiger partial charge in [0.1, 0.15) is 6.61 Å². The molecular weight excluding hydrogens is 751 g/mol. The van der Waals surface area contributed by atoms with Gasteiger partial charge in [-0.05, 0) is 38.5 Å². The highest BCUT2D eigenvalue weighted by Crippen LogP contribution is 2.16. The van der Waals surface area contributed by atoms with Gasteiger partial charge in [-0.25, -0.2) is 4.79 Å². The Labute approximate surface area is 371 Å². The van der Waals surface area contributed by atoms with Crippen LogP contribution < -0.4 is 0 Å². The molecule has 0 aliphatic carbocycles. The molecule has 354 valence electrons. The zero-order valence-corrected chi connectivity index (χ0v) is 40.4. The number of carbonyl (C=O) groups excluding carboxylic acids is 2. The number of unbranched alkanes of at least 4 members (excludes halogenated alkanes) is 31. The van der Waals surface area contributed by atoms with Gasteiger partial charge < -0.3 is 23.8 Å². The van der Waals surface area contributed by atoms with Crippen molar-refractivity contribution in [3.8, 4) is 0 Å². The zero-order chi connectivity index (χ0) is 44.2. The molecule has 0 heterocycles. The van der Waals surface area contributed by atoms with E-state index < -0.39 is 18.1 Å². The van der Waals surface area contributed by atoms with Gasteiger partial charge in [0.05, 0.1) is 34.4 Å². The van der Waals surface area contributed by atoms with Crippen LogP contribution in [0.3, 0.4) is 0 Å². The van der Waals surface area contributed by atoms with E-state index in [1.807, 2.05) is 21.1 Å². The van der Waals surface area contributed by atoms with E-state index in [0.29, 0.717) is 19.3 Å². The minimum absolute atomic E-state index is 0.0460. The molecule has 1 N–H and O–H groups in total. The van der Waals surface area contributed by atoms with Gasteiger partial charge in [0.2, 0.25) is 0 Å². The Bertz CT molecular complexity index is 993. The molecule has 8 heteroatoms. The fourth-order valence-electron chi connectivity index (χ4n) is 7.91. The smallest absolute Gasteiger partial charge is 0.362 e. The summed E-state index contributed by atoms with van der Waals surface area (Å²) in [6.45, 7) is 4.78. The summed E-state index contributed by atoms with van der Waals surface area (Å²) >= 11 is 0. The SMILES string of the molecule is CCCCCCCCCC/C=C/CCCCCCCCCC(=O)OC(COCCC(C(=O)O)[N+](C)(C)C)COC(=O)CCCCCCCCCCCCCCCCCCC. The van der Waals surface area contributed by atoms with Gasteiger partial charge in [0.15, 0.2) is 12.1 Å². The molecule has 0 fully saturated rings. The fraction of sp³-hybridized carbons (Fsp3) is 0.904. The molecule has 0 bridgehead atoms. The number of nitrogens with zero attached hydrogens (tertiary/aromatic N) is 1. The second-order valence-corrected chi connectivity index (χ2v) is 18.8. The molecule has 0 spiro atoms. The van der Waals surface area contributed by atoms with Gasteiger partial charge >= 0.3 is 17.9 Å². The van der Waals surface area contributed by atoms with Crippen LogP contribution in [0.4, 0.5) is 0 Å². The molecule has 2 unspecified atom stereocenters. The molecule has 0 rings (SSSR count). The molecular formula is C52H100NO7+. The van der Waals surface area contributed by atoms with Crippen LogP contribution in [0.1, 0.15) is 251 Å². The van der Waals surface area contributed by atoms with Crippen molar-refractivity contribution in [1.29, 1.82) is 0 Å². The highest BCUT2D eigenvalue weighted by molar-refractivity contribution is 5.72. The molecule has 8 nitrogen and oxygen atoms in total. The summed E-state index contributed by atoms with van der Waals surface area (Å²) in [4.78, 5) is 37.1. The van der Waals surface area contributed by atoms with E-state index in [1.54, 1.807) is 0 Å². The summed E-state index contributed by atoms with van der Waals surface area (Å²) in [5.41, 5.74) is 0. The molecule has 60 heavy (non-hydrogen) atoms. The summed E-state index contributed by atoms with van der Waals surface area (Å²) < 4.78 is 17.4. The minimum Gasteiger partial charge on any atom is -0.477 e. The summed E-state index contributed by atoms with van der Waals surface area (Å²) in [7, 11) is 5.54. The number of carboxylic acid groups (broad SMARTS) is 1. The molecule has 0 aliphatic heterocycles. The van der Waals surface area contributed by atoms with Gasteiger partial charge in [0.25, 0.3) is 0 Å². The molecule has 0 aliphatic rings. The number of aliphatic carboxylic acids is 1. The number of esters is 2. The Balaban J connectivity index is 4.22. The Morgan fingerprint density at radius 1 is 0.483 bits per heavy atom. The van der Waals surface area contributed by atoms with E-state index in [4.69, 9.17) is 14.2 Å². The van der Waals surface area contributed by atoms with E-state index in [-0.39, 0.29) is 36.2 Å². The Hall–Kier alpha value is -1.93. The maximum atomic E-state index is 12.8. The van der Waals surface area contributed by atoms with Crippen LogP contribution in [0.15, 0.2) is 12.2 Å². The maximum Gasteiger partial charge on any atom is 0.362 e. The van der Waals surface area contributed by atoms with Crippen LogP contribution in [-0.2, 0) is 28.6 Å². The summed E-state index contributed by atoms with van der Waals surface area (Å²) in [6, 6.07) is -0.612. The van der Waals surface area contributed by atoms with Crippen molar-refractivity contribution < 1.29 is 38.2 Å². The molecule has 0 saturated carbocycles. The van der Waals surface area contributed by atoms with Gasteiger partial charge in [0, 0.05) is 19.3 Å². The second-order valence-electron chi connectivity index (χ2n) is 18.8. The summed E-state index contributed by atoms with van der Waals surface area (Å²) in [5.74, 6) is -1.45. The van der Waals surface area contributed by atoms with Crippen LogP contribution >= 0.6 is 0 Å². The van der Waals surface area contributed by atoms with E-state index >= 15 is 0 Å². The number of likely N-dealkylation sites (N-methyl/N-ethyl adjacent to an activating group) is 1. The molecule has 0 aromatic rings. The summed E-state index contributed by atoms with van der Waals surface area (Å²) in [5, 5.41) is 9.65. The highest BCUT2D eigenvalue weighted by atomic mass is 16.6. The van der Waals surface area contributed by atoms with E-state index in [2.05, 4.69) is 26.0 Å². The minimum atomic E-state index is -0.871. The summed E-state index contributed by atoms with van der Waals surface area (Å²) in [6.07, 6.45) is 48.3. The third-order valence-electron chi connectivity index (χ3n) is 11.9.